The van der Waals surface area contributed by atoms with Gasteiger partial charge in [0.25, 0.3) is 0 Å². The number of ketones is 1. The summed E-state index contributed by atoms with van der Waals surface area (Å²) in [6.07, 6.45) is 3.30. The molecule has 0 N–H and O–H groups in total. The zero-order valence-electron chi connectivity index (χ0n) is 17.7. The molecule has 0 radical (unpaired) electrons. The fourth-order valence-corrected chi connectivity index (χ4v) is 3.34. The van der Waals surface area contributed by atoms with Crippen LogP contribution in [0, 0.1) is 6.92 Å². The molecule has 3 heteroatoms. The first-order valence-electron chi connectivity index (χ1n) is 10.4. The van der Waals surface area contributed by atoms with Crippen molar-refractivity contribution in [3.63, 3.8) is 0 Å². The van der Waals surface area contributed by atoms with Crippen LogP contribution in [0.4, 0.5) is 0 Å². The number of ether oxygens (including phenoxy) is 1. The number of rotatable bonds is 6. The molecule has 0 bridgehead atoms. The molecule has 0 heterocycles. The first-order valence-corrected chi connectivity index (χ1v) is 10.4. The second-order valence-electron chi connectivity index (χ2n) is 7.41. The molecule has 3 nitrogen and oxygen atoms in total. The zero-order valence-corrected chi connectivity index (χ0v) is 17.7. The lowest BCUT2D eigenvalue weighted by molar-refractivity contribution is 0.0734. The fraction of sp³-hybridized carbons (Fsp3) is 0.0345. The van der Waals surface area contributed by atoms with Crippen LogP contribution in [-0.4, -0.2) is 11.8 Å². The smallest absolute Gasteiger partial charge is 0.343 e. The van der Waals surface area contributed by atoms with E-state index < -0.39 is 0 Å². The number of benzene rings is 4. The van der Waals surface area contributed by atoms with Crippen molar-refractivity contribution in [2.45, 2.75) is 6.92 Å². The summed E-state index contributed by atoms with van der Waals surface area (Å²) in [7, 11) is 0. The minimum atomic E-state index is -0.388. The average Bonchev–Trinajstić information content (AvgIpc) is 2.84. The Morgan fingerprint density at radius 1 is 0.688 bits per heavy atom. The second kappa shape index (κ2) is 9.71. The Morgan fingerprint density at radius 2 is 1.31 bits per heavy atom. The van der Waals surface area contributed by atoms with Crippen LogP contribution in [0.1, 0.15) is 31.8 Å². The number of hydrogen-bond donors (Lipinski definition) is 0. The maximum absolute atomic E-state index is 12.5. The molecule has 0 saturated heterocycles. The third-order valence-corrected chi connectivity index (χ3v) is 5.16. The minimum absolute atomic E-state index is 0.0698. The van der Waals surface area contributed by atoms with Gasteiger partial charge in [-0.1, -0.05) is 91.0 Å². The van der Waals surface area contributed by atoms with Gasteiger partial charge in [0.05, 0.1) is 5.56 Å². The first kappa shape index (κ1) is 21.0. The van der Waals surface area contributed by atoms with Gasteiger partial charge in [0.15, 0.2) is 5.78 Å². The van der Waals surface area contributed by atoms with Crippen LogP contribution in [0.25, 0.3) is 17.2 Å². The van der Waals surface area contributed by atoms with Crippen LogP contribution in [0.2, 0.25) is 0 Å². The summed E-state index contributed by atoms with van der Waals surface area (Å²) in [6, 6.07) is 32.0. The number of hydrogen-bond acceptors (Lipinski definition) is 3. The predicted molar refractivity (Wildman–Crippen MR) is 128 cm³/mol. The average molecular weight is 418 g/mol. The van der Waals surface area contributed by atoms with Crippen molar-refractivity contribution in [2.24, 2.45) is 0 Å². The van der Waals surface area contributed by atoms with E-state index in [0.29, 0.717) is 16.9 Å². The Kier molecular flexibility index (Phi) is 6.38. The van der Waals surface area contributed by atoms with E-state index in [1.54, 1.807) is 30.4 Å². The molecule has 0 atom stereocenters. The molecule has 0 aliphatic rings. The third kappa shape index (κ3) is 5.08. The van der Waals surface area contributed by atoms with Crippen molar-refractivity contribution in [1.29, 1.82) is 0 Å². The van der Waals surface area contributed by atoms with E-state index in [1.165, 1.54) is 0 Å². The molecule has 0 fully saturated rings. The second-order valence-corrected chi connectivity index (χ2v) is 7.41. The highest BCUT2D eigenvalue weighted by molar-refractivity contribution is 6.07. The van der Waals surface area contributed by atoms with Crippen molar-refractivity contribution >= 4 is 17.8 Å². The predicted octanol–water partition coefficient (Wildman–Crippen LogP) is 6.78. The van der Waals surface area contributed by atoms with Gasteiger partial charge < -0.3 is 4.74 Å². The summed E-state index contributed by atoms with van der Waals surface area (Å²) in [5.74, 6) is -0.00146. The van der Waals surface area contributed by atoms with E-state index in [9.17, 15) is 9.59 Å². The number of esters is 1. The summed E-state index contributed by atoms with van der Waals surface area (Å²) in [5.41, 5.74) is 5.07. The molecule has 0 aromatic heterocycles. The monoisotopic (exact) mass is 418 g/mol. The van der Waals surface area contributed by atoms with Crippen LogP contribution in [0.5, 0.6) is 5.75 Å². The van der Waals surface area contributed by atoms with Crippen molar-refractivity contribution in [3.05, 3.63) is 131 Å². The largest absolute Gasteiger partial charge is 0.423 e. The Morgan fingerprint density at radius 3 is 2.00 bits per heavy atom. The molecule has 0 amide bonds. The zero-order chi connectivity index (χ0) is 22.3. The molecule has 0 spiro atoms. The molecule has 0 saturated carbocycles. The van der Waals surface area contributed by atoms with Crippen LogP contribution in [-0.2, 0) is 0 Å². The maximum atomic E-state index is 12.5. The van der Waals surface area contributed by atoms with Crippen LogP contribution >= 0.6 is 0 Å². The van der Waals surface area contributed by atoms with Gasteiger partial charge in [-0.05, 0) is 53.5 Å². The molecular weight excluding hydrogens is 396 g/mol. The number of aryl methyl sites for hydroxylation is 1. The lowest BCUT2D eigenvalue weighted by Crippen LogP contribution is -2.09. The molecule has 156 valence electrons. The first-order chi connectivity index (χ1) is 15.6. The molecule has 4 aromatic rings. The minimum Gasteiger partial charge on any atom is -0.423 e. The maximum Gasteiger partial charge on any atom is 0.343 e. The van der Waals surface area contributed by atoms with Gasteiger partial charge in [-0.2, -0.15) is 0 Å². The summed E-state index contributed by atoms with van der Waals surface area (Å²) < 4.78 is 5.45. The fourth-order valence-electron chi connectivity index (χ4n) is 3.34. The highest BCUT2D eigenvalue weighted by atomic mass is 16.5. The molecular formula is C29H22O3. The molecule has 4 aromatic carbocycles. The normalized spacial score (nSPS) is 10.8. The highest BCUT2D eigenvalue weighted by Crippen LogP contribution is 2.20. The van der Waals surface area contributed by atoms with E-state index in [0.717, 1.165) is 22.3 Å². The molecule has 4 rings (SSSR count). The van der Waals surface area contributed by atoms with E-state index in [-0.39, 0.29) is 11.8 Å². The number of carbonyl (C=O) groups is 2. The molecule has 0 aliphatic heterocycles. The van der Waals surface area contributed by atoms with Gasteiger partial charge in [-0.25, -0.2) is 4.79 Å². The highest BCUT2D eigenvalue weighted by Gasteiger charge is 2.10. The lowest BCUT2D eigenvalue weighted by Gasteiger charge is -2.06. The quantitative estimate of drug-likeness (QED) is 0.150. The number of allylic oxidation sites excluding steroid dienone is 1. The van der Waals surface area contributed by atoms with Crippen molar-refractivity contribution in [3.8, 4) is 16.9 Å². The summed E-state index contributed by atoms with van der Waals surface area (Å²) in [4.78, 5) is 24.8. The van der Waals surface area contributed by atoms with Gasteiger partial charge in [-0.15, -0.1) is 0 Å². The third-order valence-electron chi connectivity index (χ3n) is 5.16. The van der Waals surface area contributed by atoms with Crippen molar-refractivity contribution in [1.82, 2.24) is 0 Å². The van der Waals surface area contributed by atoms with Gasteiger partial charge in [-0.3, -0.25) is 4.79 Å². The van der Waals surface area contributed by atoms with Crippen molar-refractivity contribution in [2.75, 3.05) is 0 Å². The Hall–Kier alpha value is -4.24. The molecule has 32 heavy (non-hydrogen) atoms. The van der Waals surface area contributed by atoms with Gasteiger partial charge in [0, 0.05) is 5.56 Å². The standard InChI is InChI=1S/C29H22O3/c1-21-7-5-6-10-27(21)29(31)32-26-18-11-22(12-19-26)13-20-28(30)25-16-14-24(15-17-25)23-8-3-2-4-9-23/h2-20H,1H3/b20-13+. The van der Waals surface area contributed by atoms with E-state index in [4.69, 9.17) is 4.74 Å². The molecule has 0 unspecified atom stereocenters. The van der Waals surface area contributed by atoms with Crippen LogP contribution in [0.15, 0.2) is 109 Å². The SMILES string of the molecule is Cc1ccccc1C(=O)Oc1ccc(/C=C/C(=O)c2ccc(-c3ccccc3)cc2)cc1. The van der Waals surface area contributed by atoms with E-state index >= 15 is 0 Å². The van der Waals surface area contributed by atoms with Gasteiger partial charge in [0.1, 0.15) is 5.75 Å². The Bertz CT molecular complexity index is 1250. The number of carbonyl (C=O) groups excluding carboxylic acids is 2. The Balaban J connectivity index is 1.39. The van der Waals surface area contributed by atoms with Crippen LogP contribution in [0.3, 0.4) is 0 Å². The summed E-state index contributed by atoms with van der Waals surface area (Å²) in [5, 5.41) is 0. The van der Waals surface area contributed by atoms with E-state index in [1.807, 2.05) is 91.9 Å². The van der Waals surface area contributed by atoms with Crippen LogP contribution < -0.4 is 4.74 Å². The summed E-state index contributed by atoms with van der Waals surface area (Å²) >= 11 is 0. The Labute approximate surface area is 187 Å². The van der Waals surface area contributed by atoms with E-state index in [2.05, 4.69) is 0 Å². The van der Waals surface area contributed by atoms with Gasteiger partial charge >= 0.3 is 5.97 Å². The topological polar surface area (TPSA) is 43.4 Å². The van der Waals surface area contributed by atoms with Gasteiger partial charge in [0.2, 0.25) is 0 Å². The molecule has 0 aliphatic carbocycles. The lowest BCUT2D eigenvalue weighted by atomic mass is 10.0. The van der Waals surface area contributed by atoms with Crippen molar-refractivity contribution < 1.29 is 14.3 Å². The summed E-state index contributed by atoms with van der Waals surface area (Å²) in [6.45, 7) is 1.87.